The van der Waals surface area contributed by atoms with E-state index in [0.29, 0.717) is 6.61 Å². The van der Waals surface area contributed by atoms with E-state index in [0.717, 1.165) is 48.9 Å². The van der Waals surface area contributed by atoms with Crippen molar-refractivity contribution in [3.8, 4) is 11.5 Å². The predicted molar refractivity (Wildman–Crippen MR) is 106 cm³/mol. The minimum absolute atomic E-state index is 0.447. The van der Waals surface area contributed by atoms with Crippen LogP contribution in [0.4, 0.5) is 0 Å². The maximum Gasteiger partial charge on any atom is 0.125 e. The summed E-state index contributed by atoms with van der Waals surface area (Å²) in [7, 11) is 1.67. The Bertz CT molecular complexity index is 713. The maximum absolute atomic E-state index is 5.88. The van der Waals surface area contributed by atoms with E-state index < -0.39 is 0 Å². The van der Waals surface area contributed by atoms with E-state index in [2.05, 4.69) is 33.8 Å². The van der Waals surface area contributed by atoms with Gasteiger partial charge in [0.25, 0.3) is 0 Å². The van der Waals surface area contributed by atoms with Crippen LogP contribution in [0.25, 0.3) is 0 Å². The minimum atomic E-state index is 0.447. The minimum Gasteiger partial charge on any atom is -0.496 e. The number of ether oxygens (including phenoxy) is 3. The molecule has 0 saturated carbocycles. The molecule has 2 aromatic carbocycles. The second-order valence-corrected chi connectivity index (χ2v) is 6.87. The van der Waals surface area contributed by atoms with Crippen LogP contribution in [0.2, 0.25) is 0 Å². The molecular formula is C19H21IN2O3. The van der Waals surface area contributed by atoms with Crippen molar-refractivity contribution in [3.63, 3.8) is 0 Å². The zero-order chi connectivity index (χ0) is 17.5. The van der Waals surface area contributed by atoms with Crippen LogP contribution in [0, 0.1) is 3.57 Å². The predicted octanol–water partition coefficient (Wildman–Crippen LogP) is 3.54. The first kappa shape index (κ1) is 18.0. The van der Waals surface area contributed by atoms with Gasteiger partial charge >= 0.3 is 0 Å². The van der Waals surface area contributed by atoms with Crippen molar-refractivity contribution in [2.24, 2.45) is 5.10 Å². The van der Waals surface area contributed by atoms with Crippen LogP contribution >= 0.6 is 22.6 Å². The zero-order valence-electron chi connectivity index (χ0n) is 14.2. The number of nitrogens with zero attached hydrogens (tertiary/aromatic N) is 2. The molecule has 1 aliphatic heterocycles. The molecule has 2 aromatic rings. The number of methoxy groups -OCH3 is 1. The molecule has 0 spiro atoms. The Hall–Kier alpha value is -1.80. The normalized spacial score (nSPS) is 14.7. The number of benzene rings is 2. The Morgan fingerprint density at radius 1 is 1.16 bits per heavy atom. The lowest BCUT2D eigenvalue weighted by atomic mass is 10.1. The van der Waals surface area contributed by atoms with E-state index in [9.17, 15) is 0 Å². The summed E-state index contributed by atoms with van der Waals surface area (Å²) in [5, 5.41) is 6.55. The van der Waals surface area contributed by atoms with Gasteiger partial charge in [-0.1, -0.05) is 0 Å². The summed E-state index contributed by atoms with van der Waals surface area (Å²) in [4.78, 5) is 0. The van der Waals surface area contributed by atoms with E-state index in [4.69, 9.17) is 14.2 Å². The Balaban J connectivity index is 1.68. The van der Waals surface area contributed by atoms with Gasteiger partial charge in [0.05, 0.1) is 39.6 Å². The molecule has 0 unspecified atom stereocenters. The molecule has 0 radical (unpaired) electrons. The van der Waals surface area contributed by atoms with Crippen molar-refractivity contribution in [1.82, 2.24) is 5.01 Å². The topological polar surface area (TPSA) is 43.3 Å². The molecular weight excluding hydrogens is 431 g/mol. The number of halogens is 1. The van der Waals surface area contributed by atoms with Crippen molar-refractivity contribution in [2.45, 2.75) is 6.61 Å². The SMILES string of the molecule is COc1ccc(C=NN2CCOCC2)cc1COc1ccc(I)cc1. The Labute approximate surface area is 161 Å². The quantitative estimate of drug-likeness (QED) is 0.497. The molecule has 0 aromatic heterocycles. The monoisotopic (exact) mass is 452 g/mol. The summed E-state index contributed by atoms with van der Waals surface area (Å²) >= 11 is 2.28. The second kappa shape index (κ2) is 9.05. The third-order valence-electron chi connectivity index (χ3n) is 3.87. The average Bonchev–Trinajstić information content (AvgIpc) is 2.67. The third kappa shape index (κ3) is 5.34. The summed E-state index contributed by atoms with van der Waals surface area (Å²) in [6, 6.07) is 14.0. The summed E-state index contributed by atoms with van der Waals surface area (Å²) < 4.78 is 17.9. The van der Waals surface area contributed by atoms with E-state index in [-0.39, 0.29) is 0 Å². The van der Waals surface area contributed by atoms with E-state index in [1.165, 1.54) is 3.57 Å². The molecule has 0 atom stereocenters. The molecule has 0 bridgehead atoms. The lowest BCUT2D eigenvalue weighted by molar-refractivity contribution is 0.0397. The molecule has 1 aliphatic rings. The first-order valence-electron chi connectivity index (χ1n) is 8.16. The first-order valence-corrected chi connectivity index (χ1v) is 9.24. The highest BCUT2D eigenvalue weighted by molar-refractivity contribution is 14.1. The van der Waals surface area contributed by atoms with E-state index in [1.54, 1.807) is 7.11 Å². The highest BCUT2D eigenvalue weighted by atomic mass is 127. The molecule has 6 heteroatoms. The molecule has 132 valence electrons. The summed E-state index contributed by atoms with van der Waals surface area (Å²) in [6.45, 7) is 3.57. The maximum atomic E-state index is 5.88. The molecule has 25 heavy (non-hydrogen) atoms. The summed E-state index contributed by atoms with van der Waals surface area (Å²) in [5.74, 6) is 1.66. The first-order chi connectivity index (χ1) is 12.2. The number of hydrogen-bond acceptors (Lipinski definition) is 5. The fraction of sp³-hybridized carbons (Fsp3) is 0.316. The van der Waals surface area contributed by atoms with Gasteiger partial charge in [-0.3, -0.25) is 5.01 Å². The van der Waals surface area contributed by atoms with Gasteiger partial charge in [-0.15, -0.1) is 0 Å². The average molecular weight is 452 g/mol. The van der Waals surface area contributed by atoms with E-state index >= 15 is 0 Å². The molecule has 1 saturated heterocycles. The Morgan fingerprint density at radius 3 is 2.64 bits per heavy atom. The van der Waals surface area contributed by atoms with Gasteiger partial charge < -0.3 is 14.2 Å². The fourth-order valence-electron chi connectivity index (χ4n) is 2.50. The molecule has 1 fully saturated rings. The van der Waals surface area contributed by atoms with Gasteiger partial charge in [0.1, 0.15) is 18.1 Å². The second-order valence-electron chi connectivity index (χ2n) is 5.62. The van der Waals surface area contributed by atoms with Gasteiger partial charge in [-0.05, 0) is 70.6 Å². The number of hydrogen-bond donors (Lipinski definition) is 0. The van der Waals surface area contributed by atoms with Crippen LogP contribution < -0.4 is 9.47 Å². The summed E-state index contributed by atoms with van der Waals surface area (Å²) in [5.41, 5.74) is 2.01. The standard InChI is InChI=1S/C19H21IN2O3/c1-23-19-7-2-15(13-21-22-8-10-24-11-9-22)12-16(19)14-25-18-5-3-17(20)4-6-18/h2-7,12-13H,8-11,14H2,1H3. The number of hydrazone groups is 1. The smallest absolute Gasteiger partial charge is 0.125 e. The highest BCUT2D eigenvalue weighted by Gasteiger charge is 2.08. The van der Waals surface area contributed by atoms with Crippen LogP contribution in [0.1, 0.15) is 11.1 Å². The molecule has 0 N–H and O–H groups in total. The van der Waals surface area contributed by atoms with Crippen molar-refractivity contribution in [3.05, 3.63) is 57.2 Å². The van der Waals surface area contributed by atoms with Gasteiger partial charge in [-0.2, -0.15) is 5.10 Å². The molecule has 1 heterocycles. The van der Waals surface area contributed by atoms with Crippen molar-refractivity contribution >= 4 is 28.8 Å². The van der Waals surface area contributed by atoms with Gasteiger partial charge in [-0.25, -0.2) is 0 Å². The van der Waals surface area contributed by atoms with Crippen LogP contribution in [0.3, 0.4) is 0 Å². The Morgan fingerprint density at radius 2 is 1.92 bits per heavy atom. The van der Waals surface area contributed by atoms with Crippen molar-refractivity contribution in [2.75, 3.05) is 33.4 Å². The largest absolute Gasteiger partial charge is 0.496 e. The van der Waals surface area contributed by atoms with Gasteiger partial charge in [0.2, 0.25) is 0 Å². The van der Waals surface area contributed by atoms with Gasteiger partial charge in [0, 0.05) is 9.13 Å². The van der Waals surface area contributed by atoms with Crippen molar-refractivity contribution in [1.29, 1.82) is 0 Å². The third-order valence-corrected chi connectivity index (χ3v) is 4.59. The number of morpholine rings is 1. The zero-order valence-corrected chi connectivity index (χ0v) is 16.3. The Kier molecular flexibility index (Phi) is 6.52. The van der Waals surface area contributed by atoms with Crippen LogP contribution in [0.5, 0.6) is 11.5 Å². The fourth-order valence-corrected chi connectivity index (χ4v) is 2.86. The van der Waals surface area contributed by atoms with Crippen LogP contribution in [0.15, 0.2) is 47.6 Å². The lowest BCUT2D eigenvalue weighted by Crippen LogP contribution is -2.32. The van der Waals surface area contributed by atoms with Crippen molar-refractivity contribution < 1.29 is 14.2 Å². The highest BCUT2D eigenvalue weighted by Crippen LogP contribution is 2.22. The molecule has 0 aliphatic carbocycles. The molecule has 0 amide bonds. The van der Waals surface area contributed by atoms with Gasteiger partial charge in [0.15, 0.2) is 0 Å². The summed E-state index contributed by atoms with van der Waals surface area (Å²) in [6.07, 6.45) is 1.87. The van der Waals surface area contributed by atoms with E-state index in [1.807, 2.05) is 47.6 Å². The molecule has 3 rings (SSSR count). The lowest BCUT2D eigenvalue weighted by Gasteiger charge is -2.23. The molecule has 5 nitrogen and oxygen atoms in total. The number of rotatable bonds is 6. The van der Waals surface area contributed by atoms with Crippen LogP contribution in [-0.2, 0) is 11.3 Å². The van der Waals surface area contributed by atoms with Crippen LogP contribution in [-0.4, -0.2) is 44.6 Å².